The van der Waals surface area contributed by atoms with E-state index in [4.69, 9.17) is 10.3 Å². The Kier molecular flexibility index (Phi) is 3.81. The van der Waals surface area contributed by atoms with Crippen molar-refractivity contribution in [2.75, 3.05) is 6.54 Å². The average Bonchev–Trinajstić information content (AvgIpc) is 1.84. The molecule has 0 spiro atoms. The highest BCUT2D eigenvalue weighted by atomic mass is 16.5. The summed E-state index contributed by atoms with van der Waals surface area (Å²) in [6.07, 6.45) is -0.456. The van der Waals surface area contributed by atoms with Gasteiger partial charge in [-0.15, -0.1) is 0 Å². The summed E-state index contributed by atoms with van der Waals surface area (Å²) in [5.74, 6) is 0. The average molecular weight is 149 g/mol. The van der Waals surface area contributed by atoms with Gasteiger partial charge in [-0.05, 0) is 20.3 Å². The molecule has 0 aromatic carbocycles. The Morgan fingerprint density at radius 3 is 2.40 bits per heavy atom. The van der Waals surface area contributed by atoms with Crippen LogP contribution in [0.4, 0.5) is 0 Å². The molecule has 0 aromatic heterocycles. The molecule has 0 aliphatic heterocycles. The van der Waals surface area contributed by atoms with Gasteiger partial charge in [0.15, 0.2) is 0 Å². The van der Waals surface area contributed by atoms with E-state index in [0.717, 1.165) is 0 Å². The van der Waals surface area contributed by atoms with Crippen LogP contribution < -0.4 is 5.48 Å². The number of rotatable bonds is 4. The molecule has 4 nitrogen and oxygen atoms in total. The highest BCUT2D eigenvalue weighted by Crippen LogP contribution is 2.12. The van der Waals surface area contributed by atoms with Gasteiger partial charge in [0.1, 0.15) is 0 Å². The quantitative estimate of drug-likeness (QED) is 0.406. The summed E-state index contributed by atoms with van der Waals surface area (Å²) in [4.78, 5) is 0. The van der Waals surface area contributed by atoms with Crippen LogP contribution in [0.1, 0.15) is 20.3 Å². The Morgan fingerprint density at radius 1 is 1.60 bits per heavy atom. The van der Waals surface area contributed by atoms with Crippen LogP contribution in [0.15, 0.2) is 0 Å². The molecular weight excluding hydrogens is 134 g/mol. The van der Waals surface area contributed by atoms with Gasteiger partial charge in [-0.2, -0.15) is 0 Å². The third kappa shape index (κ3) is 3.12. The van der Waals surface area contributed by atoms with Crippen LogP contribution in [0.2, 0.25) is 0 Å². The van der Waals surface area contributed by atoms with E-state index in [1.165, 1.54) is 13.8 Å². The lowest BCUT2D eigenvalue weighted by atomic mass is 9.97. The summed E-state index contributed by atoms with van der Waals surface area (Å²) in [5, 5.41) is 26.4. The topological polar surface area (TPSA) is 72.7 Å². The second-order valence-electron chi connectivity index (χ2n) is 2.69. The van der Waals surface area contributed by atoms with Crippen molar-refractivity contribution in [2.45, 2.75) is 32.0 Å². The number of hydrogen-bond donors (Lipinski definition) is 4. The molecule has 0 rings (SSSR count). The van der Waals surface area contributed by atoms with Gasteiger partial charge < -0.3 is 15.4 Å². The van der Waals surface area contributed by atoms with E-state index < -0.39 is 11.7 Å². The van der Waals surface area contributed by atoms with Crippen molar-refractivity contribution in [2.24, 2.45) is 0 Å². The van der Waals surface area contributed by atoms with Crippen molar-refractivity contribution in [1.82, 2.24) is 5.48 Å². The third-order valence-electron chi connectivity index (χ3n) is 1.64. The smallest absolute Gasteiger partial charge is 0.0887 e. The Hall–Kier alpha value is -0.160. The van der Waals surface area contributed by atoms with Crippen molar-refractivity contribution in [1.29, 1.82) is 0 Å². The maximum absolute atomic E-state index is 9.32. The Labute approximate surface area is 60.5 Å². The standard InChI is InChI=1S/C6H15NO3/c1-5(8)6(2,9)3-4-7-10/h5,7-10H,3-4H2,1-2H3. The molecule has 0 aromatic rings. The largest absolute Gasteiger partial charge is 0.390 e. The van der Waals surface area contributed by atoms with E-state index in [-0.39, 0.29) is 6.54 Å². The van der Waals surface area contributed by atoms with Gasteiger partial charge in [0.05, 0.1) is 11.7 Å². The predicted octanol–water partition coefficient (Wildman–Crippen LogP) is -0.513. The zero-order valence-electron chi connectivity index (χ0n) is 6.33. The van der Waals surface area contributed by atoms with Crippen LogP contribution in [0.25, 0.3) is 0 Å². The summed E-state index contributed by atoms with van der Waals surface area (Å²) < 4.78 is 0. The van der Waals surface area contributed by atoms with E-state index in [1.807, 2.05) is 5.48 Å². The van der Waals surface area contributed by atoms with Gasteiger partial charge in [0.2, 0.25) is 0 Å². The van der Waals surface area contributed by atoms with Crippen LogP contribution in [0, 0.1) is 0 Å². The fraction of sp³-hybridized carbons (Fsp3) is 1.00. The van der Waals surface area contributed by atoms with E-state index in [9.17, 15) is 5.11 Å². The molecule has 0 aliphatic carbocycles. The summed E-state index contributed by atoms with van der Waals surface area (Å²) in [7, 11) is 0. The molecule has 0 saturated heterocycles. The first-order valence-corrected chi connectivity index (χ1v) is 3.28. The normalized spacial score (nSPS) is 20.1. The number of hydroxylamine groups is 1. The van der Waals surface area contributed by atoms with E-state index >= 15 is 0 Å². The van der Waals surface area contributed by atoms with Crippen molar-refractivity contribution in [3.63, 3.8) is 0 Å². The van der Waals surface area contributed by atoms with Crippen molar-refractivity contribution in [3.05, 3.63) is 0 Å². The molecule has 0 saturated carbocycles. The van der Waals surface area contributed by atoms with Gasteiger partial charge in [0, 0.05) is 6.54 Å². The fourth-order valence-electron chi connectivity index (χ4n) is 0.518. The van der Waals surface area contributed by atoms with Crippen molar-refractivity contribution >= 4 is 0 Å². The summed E-state index contributed by atoms with van der Waals surface area (Å²) >= 11 is 0. The Balaban J connectivity index is 3.63. The molecule has 0 fully saturated rings. The zero-order chi connectivity index (χ0) is 8.20. The second kappa shape index (κ2) is 3.88. The predicted molar refractivity (Wildman–Crippen MR) is 36.7 cm³/mol. The number of hydrogen-bond acceptors (Lipinski definition) is 4. The van der Waals surface area contributed by atoms with Gasteiger partial charge in [-0.3, -0.25) is 0 Å². The molecule has 0 bridgehead atoms. The molecule has 0 heterocycles. The molecule has 4 N–H and O–H groups in total. The molecule has 4 heteroatoms. The second-order valence-corrected chi connectivity index (χ2v) is 2.69. The van der Waals surface area contributed by atoms with Gasteiger partial charge >= 0.3 is 0 Å². The molecule has 2 atom stereocenters. The van der Waals surface area contributed by atoms with Gasteiger partial charge in [0.25, 0.3) is 0 Å². The van der Waals surface area contributed by atoms with E-state index in [2.05, 4.69) is 0 Å². The lowest BCUT2D eigenvalue weighted by Gasteiger charge is -2.25. The maximum atomic E-state index is 9.32. The van der Waals surface area contributed by atoms with E-state index in [1.54, 1.807) is 0 Å². The summed E-state index contributed by atoms with van der Waals surface area (Å²) in [5.41, 5.74) is 0.792. The molecule has 0 radical (unpaired) electrons. The Bertz CT molecular complexity index is 93.0. The van der Waals surface area contributed by atoms with Crippen LogP contribution >= 0.6 is 0 Å². The Morgan fingerprint density at radius 2 is 2.10 bits per heavy atom. The van der Waals surface area contributed by atoms with Crippen LogP contribution in [0.5, 0.6) is 0 Å². The van der Waals surface area contributed by atoms with Crippen LogP contribution in [0.3, 0.4) is 0 Å². The van der Waals surface area contributed by atoms with Gasteiger partial charge in [-0.1, -0.05) is 0 Å². The molecule has 10 heavy (non-hydrogen) atoms. The van der Waals surface area contributed by atoms with Crippen LogP contribution in [-0.4, -0.2) is 33.7 Å². The van der Waals surface area contributed by atoms with E-state index in [0.29, 0.717) is 6.42 Å². The number of nitrogens with one attached hydrogen (secondary N) is 1. The zero-order valence-corrected chi connectivity index (χ0v) is 6.33. The minimum absolute atomic E-state index is 0.276. The third-order valence-corrected chi connectivity index (χ3v) is 1.64. The monoisotopic (exact) mass is 149 g/mol. The number of aliphatic hydroxyl groups excluding tert-OH is 1. The number of aliphatic hydroxyl groups is 2. The molecule has 0 aliphatic rings. The molecule has 0 amide bonds. The maximum Gasteiger partial charge on any atom is 0.0887 e. The SMILES string of the molecule is CC(O)C(C)(O)CCNO. The van der Waals surface area contributed by atoms with Gasteiger partial charge in [-0.25, -0.2) is 5.48 Å². The lowest BCUT2D eigenvalue weighted by molar-refractivity contribution is -0.0612. The van der Waals surface area contributed by atoms with Crippen LogP contribution in [-0.2, 0) is 0 Å². The molecule has 62 valence electrons. The first-order valence-electron chi connectivity index (χ1n) is 3.28. The highest BCUT2D eigenvalue weighted by Gasteiger charge is 2.25. The first kappa shape index (κ1) is 9.84. The summed E-state index contributed by atoms with van der Waals surface area (Å²) in [6.45, 7) is 3.31. The van der Waals surface area contributed by atoms with Crippen molar-refractivity contribution in [3.8, 4) is 0 Å². The first-order chi connectivity index (χ1) is 4.50. The minimum atomic E-state index is -1.12. The minimum Gasteiger partial charge on any atom is -0.390 e. The molecular formula is C6H15NO3. The fourth-order valence-corrected chi connectivity index (χ4v) is 0.518. The molecule has 2 unspecified atom stereocenters. The lowest BCUT2D eigenvalue weighted by Crippen LogP contribution is -2.39. The van der Waals surface area contributed by atoms with Crippen molar-refractivity contribution < 1.29 is 15.4 Å². The summed E-state index contributed by atoms with van der Waals surface area (Å²) in [6, 6.07) is 0. The highest BCUT2D eigenvalue weighted by molar-refractivity contribution is 4.78.